The van der Waals surface area contributed by atoms with Crippen LogP contribution >= 0.6 is 0 Å². The van der Waals surface area contributed by atoms with E-state index in [1.165, 1.54) is 12.1 Å². The quantitative estimate of drug-likeness (QED) is 0.772. The van der Waals surface area contributed by atoms with Gasteiger partial charge in [0.15, 0.2) is 0 Å². The van der Waals surface area contributed by atoms with Gasteiger partial charge in [0.25, 0.3) is 0 Å². The molecule has 0 spiro atoms. The van der Waals surface area contributed by atoms with Crippen LogP contribution in [0.2, 0.25) is 0 Å². The largest absolute Gasteiger partial charge is 0.435 e. The molecule has 0 heterocycles. The summed E-state index contributed by atoms with van der Waals surface area (Å²) in [6.07, 6.45) is 0. The molecule has 1 aromatic carbocycles. The van der Waals surface area contributed by atoms with Gasteiger partial charge in [0.2, 0.25) is 0 Å². The monoisotopic (exact) mass is 309 g/mol. The zero-order valence-electron chi connectivity index (χ0n) is 12.1. The SMILES string of the molecule is CC(C)(C)CNCc1ccc(OC(F)F)cc1OC(F)F. The second-order valence-electron chi connectivity index (χ2n) is 5.69. The predicted octanol–water partition coefficient (Wildman–Crippen LogP) is 4.03. The van der Waals surface area contributed by atoms with E-state index in [0.717, 1.165) is 6.07 Å². The Balaban J connectivity index is 2.81. The van der Waals surface area contributed by atoms with E-state index in [1.54, 1.807) is 0 Å². The minimum Gasteiger partial charge on any atom is -0.435 e. The summed E-state index contributed by atoms with van der Waals surface area (Å²) < 4.78 is 57.5. The van der Waals surface area contributed by atoms with E-state index < -0.39 is 13.2 Å². The van der Waals surface area contributed by atoms with Crippen molar-refractivity contribution in [3.63, 3.8) is 0 Å². The van der Waals surface area contributed by atoms with Crippen LogP contribution in [0.4, 0.5) is 17.6 Å². The van der Waals surface area contributed by atoms with Gasteiger partial charge in [-0.2, -0.15) is 17.6 Å². The molecular formula is C14H19F4NO2. The Morgan fingerprint density at radius 2 is 1.67 bits per heavy atom. The smallest absolute Gasteiger partial charge is 0.387 e. The average molecular weight is 309 g/mol. The molecule has 0 amide bonds. The Kier molecular flexibility index (Phi) is 6.26. The molecule has 0 bridgehead atoms. The number of benzene rings is 1. The van der Waals surface area contributed by atoms with Crippen LogP contribution in [0.1, 0.15) is 26.3 Å². The number of nitrogens with one attached hydrogen (secondary N) is 1. The van der Waals surface area contributed by atoms with E-state index in [0.29, 0.717) is 12.1 Å². The number of hydrogen-bond donors (Lipinski definition) is 1. The van der Waals surface area contributed by atoms with Crippen LogP contribution in [-0.2, 0) is 6.54 Å². The van der Waals surface area contributed by atoms with Crippen LogP contribution in [0, 0.1) is 5.41 Å². The maximum atomic E-state index is 12.4. The van der Waals surface area contributed by atoms with Crippen molar-refractivity contribution < 1.29 is 27.0 Å². The molecule has 0 fully saturated rings. The summed E-state index contributed by atoms with van der Waals surface area (Å²) in [5.74, 6) is -0.398. The number of ether oxygens (including phenoxy) is 2. The zero-order valence-corrected chi connectivity index (χ0v) is 12.1. The fraction of sp³-hybridized carbons (Fsp3) is 0.571. The second kappa shape index (κ2) is 7.49. The van der Waals surface area contributed by atoms with Gasteiger partial charge in [-0.15, -0.1) is 0 Å². The van der Waals surface area contributed by atoms with Crippen LogP contribution in [-0.4, -0.2) is 19.8 Å². The van der Waals surface area contributed by atoms with Crippen LogP contribution in [0.25, 0.3) is 0 Å². The van der Waals surface area contributed by atoms with E-state index in [4.69, 9.17) is 0 Å². The lowest BCUT2D eigenvalue weighted by atomic mass is 9.97. The Morgan fingerprint density at radius 3 is 2.19 bits per heavy atom. The summed E-state index contributed by atoms with van der Waals surface area (Å²) in [5.41, 5.74) is 0.476. The summed E-state index contributed by atoms with van der Waals surface area (Å²) in [6, 6.07) is 3.75. The third kappa shape index (κ3) is 7.17. The second-order valence-corrected chi connectivity index (χ2v) is 5.69. The van der Waals surface area contributed by atoms with Gasteiger partial charge in [0.1, 0.15) is 11.5 Å². The molecule has 0 aliphatic rings. The standard InChI is InChI=1S/C14H19F4NO2/c1-14(2,3)8-19-7-9-4-5-10(20-12(15)16)6-11(9)21-13(17)18/h4-6,12-13,19H,7-8H2,1-3H3. The Morgan fingerprint density at radius 1 is 1.05 bits per heavy atom. The van der Waals surface area contributed by atoms with Crippen molar-refractivity contribution in [1.29, 1.82) is 0 Å². The fourth-order valence-electron chi connectivity index (χ4n) is 1.63. The molecule has 0 aromatic heterocycles. The lowest BCUT2D eigenvalue weighted by Gasteiger charge is -2.20. The van der Waals surface area contributed by atoms with E-state index in [2.05, 4.69) is 14.8 Å². The van der Waals surface area contributed by atoms with Crippen molar-refractivity contribution in [1.82, 2.24) is 5.32 Å². The lowest BCUT2D eigenvalue weighted by molar-refractivity contribution is -0.0547. The fourth-order valence-corrected chi connectivity index (χ4v) is 1.63. The first kappa shape index (κ1) is 17.6. The van der Waals surface area contributed by atoms with Gasteiger partial charge in [-0.3, -0.25) is 0 Å². The zero-order chi connectivity index (χ0) is 16.0. The first-order chi connectivity index (χ1) is 9.67. The minimum atomic E-state index is -3.03. The molecular weight excluding hydrogens is 290 g/mol. The number of alkyl halides is 4. The van der Waals surface area contributed by atoms with Gasteiger partial charge in [0.05, 0.1) is 0 Å². The molecule has 7 heteroatoms. The predicted molar refractivity (Wildman–Crippen MR) is 70.9 cm³/mol. The van der Waals surface area contributed by atoms with Gasteiger partial charge in [-0.1, -0.05) is 26.8 Å². The maximum Gasteiger partial charge on any atom is 0.387 e. The third-order valence-electron chi connectivity index (χ3n) is 2.45. The van der Waals surface area contributed by atoms with Crippen LogP contribution < -0.4 is 14.8 Å². The molecule has 1 aromatic rings. The molecule has 0 aliphatic carbocycles. The Bertz CT molecular complexity index is 447. The first-order valence-corrected chi connectivity index (χ1v) is 6.40. The molecule has 1 rings (SSSR count). The van der Waals surface area contributed by atoms with E-state index in [-0.39, 0.29) is 23.5 Å². The lowest BCUT2D eigenvalue weighted by Crippen LogP contribution is -2.26. The Hall–Kier alpha value is -1.50. The molecule has 3 nitrogen and oxygen atoms in total. The summed E-state index contributed by atoms with van der Waals surface area (Å²) in [4.78, 5) is 0. The van der Waals surface area contributed by atoms with Crippen molar-refractivity contribution in [3.8, 4) is 11.5 Å². The molecule has 0 saturated carbocycles. The molecule has 0 radical (unpaired) electrons. The molecule has 21 heavy (non-hydrogen) atoms. The van der Waals surface area contributed by atoms with Gasteiger partial charge < -0.3 is 14.8 Å². The van der Waals surface area contributed by atoms with Crippen molar-refractivity contribution in [2.24, 2.45) is 5.41 Å². The molecule has 0 atom stereocenters. The van der Waals surface area contributed by atoms with Crippen molar-refractivity contribution in [2.45, 2.75) is 40.5 Å². The highest BCUT2D eigenvalue weighted by molar-refractivity contribution is 5.40. The Labute approximate surface area is 121 Å². The highest BCUT2D eigenvalue weighted by Gasteiger charge is 2.14. The number of rotatable bonds is 7. The summed E-state index contributed by atoms with van der Waals surface area (Å²) >= 11 is 0. The van der Waals surface area contributed by atoms with Gasteiger partial charge in [-0.05, 0) is 11.5 Å². The minimum absolute atomic E-state index is 0.0302. The summed E-state index contributed by atoms with van der Waals surface area (Å²) in [7, 11) is 0. The van der Waals surface area contributed by atoms with Crippen molar-refractivity contribution in [2.75, 3.05) is 6.54 Å². The van der Waals surface area contributed by atoms with Crippen molar-refractivity contribution >= 4 is 0 Å². The highest BCUT2D eigenvalue weighted by atomic mass is 19.3. The van der Waals surface area contributed by atoms with Crippen molar-refractivity contribution in [3.05, 3.63) is 23.8 Å². The first-order valence-electron chi connectivity index (χ1n) is 6.40. The average Bonchev–Trinajstić information content (AvgIpc) is 2.28. The van der Waals surface area contributed by atoms with E-state index in [9.17, 15) is 17.6 Å². The summed E-state index contributed by atoms with van der Waals surface area (Å²) in [5, 5.41) is 3.10. The van der Waals surface area contributed by atoms with Gasteiger partial charge >= 0.3 is 13.2 Å². The van der Waals surface area contributed by atoms with Gasteiger partial charge in [-0.25, -0.2) is 0 Å². The van der Waals surface area contributed by atoms with Crippen LogP contribution in [0.15, 0.2) is 18.2 Å². The van der Waals surface area contributed by atoms with E-state index in [1.807, 2.05) is 20.8 Å². The maximum absolute atomic E-state index is 12.4. The number of halogens is 4. The summed E-state index contributed by atoms with van der Waals surface area (Å²) in [6.45, 7) is 0.968. The normalized spacial score (nSPS) is 12.0. The third-order valence-corrected chi connectivity index (χ3v) is 2.45. The number of hydrogen-bond acceptors (Lipinski definition) is 3. The highest BCUT2D eigenvalue weighted by Crippen LogP contribution is 2.27. The van der Waals surface area contributed by atoms with Crippen LogP contribution in [0.5, 0.6) is 11.5 Å². The van der Waals surface area contributed by atoms with Crippen LogP contribution in [0.3, 0.4) is 0 Å². The molecule has 120 valence electrons. The molecule has 0 saturated heterocycles. The molecule has 1 N–H and O–H groups in total. The molecule has 0 unspecified atom stereocenters. The topological polar surface area (TPSA) is 30.5 Å². The van der Waals surface area contributed by atoms with E-state index >= 15 is 0 Å². The van der Waals surface area contributed by atoms with Gasteiger partial charge in [0, 0.05) is 24.7 Å². The molecule has 0 aliphatic heterocycles.